The summed E-state index contributed by atoms with van der Waals surface area (Å²) in [5, 5.41) is 5.63. The maximum Gasteiger partial charge on any atom is 0.244 e. The summed E-state index contributed by atoms with van der Waals surface area (Å²) in [6.07, 6.45) is 7.71. The molecule has 0 aromatic heterocycles. The molecule has 3 aliphatic rings. The second-order valence-electron chi connectivity index (χ2n) is 9.98. The van der Waals surface area contributed by atoms with E-state index in [0.717, 1.165) is 5.56 Å². The van der Waals surface area contributed by atoms with Crippen molar-refractivity contribution in [3.63, 3.8) is 0 Å². The molecule has 2 saturated carbocycles. The van der Waals surface area contributed by atoms with Gasteiger partial charge in [0, 0.05) is 12.1 Å². The zero-order valence-corrected chi connectivity index (χ0v) is 19.4. The van der Waals surface area contributed by atoms with Crippen molar-refractivity contribution in [2.24, 2.45) is 5.92 Å². The van der Waals surface area contributed by atoms with Gasteiger partial charge in [-0.15, -0.1) is 0 Å². The second kappa shape index (κ2) is 9.71. The van der Waals surface area contributed by atoms with Crippen LogP contribution in [0.4, 0.5) is 5.69 Å². The Morgan fingerprint density at radius 2 is 1.71 bits per heavy atom. The van der Waals surface area contributed by atoms with E-state index in [1.165, 1.54) is 37.7 Å². The number of ether oxygens (including phenoxy) is 1. The number of carbonyl (C=O) groups excluding carboxylic acids is 3. The Kier molecular flexibility index (Phi) is 6.50. The van der Waals surface area contributed by atoms with Gasteiger partial charge < -0.3 is 15.4 Å². The van der Waals surface area contributed by atoms with E-state index >= 15 is 0 Å². The smallest absolute Gasteiger partial charge is 0.244 e. The molecule has 1 aliphatic heterocycles. The van der Waals surface area contributed by atoms with Gasteiger partial charge in [0.05, 0.1) is 12.7 Å². The van der Waals surface area contributed by atoms with E-state index in [-0.39, 0.29) is 11.9 Å². The van der Waals surface area contributed by atoms with Gasteiger partial charge in [0.1, 0.15) is 5.54 Å². The molecule has 1 saturated heterocycles. The Morgan fingerprint density at radius 3 is 2.44 bits per heavy atom. The van der Waals surface area contributed by atoms with Gasteiger partial charge in [-0.05, 0) is 54.9 Å². The lowest BCUT2D eigenvalue weighted by molar-refractivity contribution is -0.135. The third kappa shape index (κ3) is 4.64. The summed E-state index contributed by atoms with van der Waals surface area (Å²) in [5.41, 5.74) is 1.98. The fraction of sp³-hybridized carbons (Fsp3) is 0.464. The SMILES string of the molecule is O=C(Nc1ccc(C2CCCCC2)cc1)C1C(=O)NC2(CCC(OCc3ccccc3)C2)C1=O. The largest absolute Gasteiger partial charge is 0.373 e. The lowest BCUT2D eigenvalue weighted by atomic mass is 9.84. The number of rotatable bonds is 6. The Bertz CT molecular complexity index is 1050. The van der Waals surface area contributed by atoms with Crippen molar-refractivity contribution in [2.75, 3.05) is 5.32 Å². The zero-order valence-electron chi connectivity index (χ0n) is 19.4. The van der Waals surface area contributed by atoms with E-state index in [0.29, 0.717) is 37.5 Å². The van der Waals surface area contributed by atoms with Crippen LogP contribution >= 0.6 is 0 Å². The highest BCUT2D eigenvalue weighted by Gasteiger charge is 2.58. The van der Waals surface area contributed by atoms with Crippen molar-refractivity contribution in [2.45, 2.75) is 75.5 Å². The van der Waals surface area contributed by atoms with Crippen LogP contribution in [-0.2, 0) is 25.7 Å². The molecule has 2 aliphatic carbocycles. The molecule has 2 aromatic rings. The van der Waals surface area contributed by atoms with Gasteiger partial charge in [-0.3, -0.25) is 14.4 Å². The highest BCUT2D eigenvalue weighted by atomic mass is 16.5. The molecular weight excluding hydrogens is 428 g/mol. The molecule has 0 radical (unpaired) electrons. The van der Waals surface area contributed by atoms with Crippen LogP contribution in [0.5, 0.6) is 0 Å². The average Bonchev–Trinajstić information content (AvgIpc) is 3.39. The van der Waals surface area contributed by atoms with Crippen molar-refractivity contribution in [3.8, 4) is 0 Å². The van der Waals surface area contributed by atoms with E-state index in [1.54, 1.807) is 0 Å². The van der Waals surface area contributed by atoms with Crippen LogP contribution in [-0.4, -0.2) is 29.2 Å². The molecular formula is C28H32N2O4. The Morgan fingerprint density at radius 1 is 0.971 bits per heavy atom. The normalized spacial score (nSPS) is 27.2. The van der Waals surface area contributed by atoms with Crippen LogP contribution < -0.4 is 10.6 Å². The summed E-state index contributed by atoms with van der Waals surface area (Å²) < 4.78 is 6.01. The van der Waals surface area contributed by atoms with Crippen LogP contribution in [0.3, 0.4) is 0 Å². The molecule has 6 nitrogen and oxygen atoms in total. The molecule has 3 atom stereocenters. The lowest BCUT2D eigenvalue weighted by Gasteiger charge is -2.22. The molecule has 2 amide bonds. The topological polar surface area (TPSA) is 84.5 Å². The predicted molar refractivity (Wildman–Crippen MR) is 129 cm³/mol. The van der Waals surface area contributed by atoms with Crippen molar-refractivity contribution in [1.29, 1.82) is 0 Å². The molecule has 178 valence electrons. The number of benzene rings is 2. The number of hydrogen-bond acceptors (Lipinski definition) is 4. The van der Waals surface area contributed by atoms with Crippen molar-refractivity contribution < 1.29 is 19.1 Å². The van der Waals surface area contributed by atoms with Gasteiger partial charge in [0.2, 0.25) is 11.8 Å². The summed E-state index contributed by atoms with van der Waals surface area (Å²) in [7, 11) is 0. The summed E-state index contributed by atoms with van der Waals surface area (Å²) >= 11 is 0. The molecule has 3 unspecified atom stereocenters. The maximum absolute atomic E-state index is 13.3. The highest BCUT2D eigenvalue weighted by molar-refractivity contribution is 6.27. The van der Waals surface area contributed by atoms with Crippen LogP contribution in [0.2, 0.25) is 0 Å². The fourth-order valence-electron chi connectivity index (χ4n) is 5.76. The van der Waals surface area contributed by atoms with Crippen LogP contribution in [0, 0.1) is 5.92 Å². The molecule has 5 rings (SSSR count). The molecule has 1 heterocycles. The number of Topliss-reactive ketones (excluding diaryl/α,β-unsaturated/α-hetero) is 1. The Labute approximate surface area is 200 Å². The lowest BCUT2D eigenvalue weighted by Crippen LogP contribution is -2.45. The molecule has 1 spiro atoms. The van der Waals surface area contributed by atoms with Crippen LogP contribution in [0.1, 0.15) is 68.4 Å². The fourth-order valence-corrected chi connectivity index (χ4v) is 5.76. The van der Waals surface area contributed by atoms with E-state index in [2.05, 4.69) is 22.8 Å². The molecule has 0 bridgehead atoms. The molecule has 6 heteroatoms. The third-order valence-corrected chi connectivity index (χ3v) is 7.67. The number of ketones is 1. The minimum Gasteiger partial charge on any atom is -0.373 e. The second-order valence-corrected chi connectivity index (χ2v) is 9.98. The van der Waals surface area contributed by atoms with E-state index < -0.39 is 23.3 Å². The monoisotopic (exact) mass is 460 g/mol. The van der Waals surface area contributed by atoms with Crippen LogP contribution in [0.15, 0.2) is 54.6 Å². The summed E-state index contributed by atoms with van der Waals surface area (Å²) in [5.74, 6) is -2.13. The number of hydrogen-bond donors (Lipinski definition) is 2. The minimum absolute atomic E-state index is 0.126. The quantitative estimate of drug-likeness (QED) is 0.622. The number of anilines is 1. The first-order chi connectivity index (χ1) is 16.5. The van der Waals surface area contributed by atoms with Gasteiger partial charge in [0.25, 0.3) is 0 Å². The molecule has 2 N–H and O–H groups in total. The first-order valence-electron chi connectivity index (χ1n) is 12.5. The maximum atomic E-state index is 13.3. The first kappa shape index (κ1) is 22.8. The average molecular weight is 461 g/mol. The minimum atomic E-state index is -1.31. The van der Waals surface area contributed by atoms with Crippen molar-refractivity contribution in [1.82, 2.24) is 5.32 Å². The Balaban J connectivity index is 1.19. The third-order valence-electron chi connectivity index (χ3n) is 7.67. The van der Waals surface area contributed by atoms with Crippen molar-refractivity contribution in [3.05, 3.63) is 65.7 Å². The molecule has 3 fully saturated rings. The number of nitrogens with one attached hydrogen (secondary N) is 2. The van der Waals surface area contributed by atoms with Gasteiger partial charge in [-0.2, -0.15) is 0 Å². The molecule has 34 heavy (non-hydrogen) atoms. The van der Waals surface area contributed by atoms with Gasteiger partial charge >= 0.3 is 0 Å². The van der Waals surface area contributed by atoms with E-state index in [1.807, 2.05) is 42.5 Å². The number of carbonyl (C=O) groups is 3. The predicted octanol–water partition coefficient (Wildman–Crippen LogP) is 4.50. The highest BCUT2D eigenvalue weighted by Crippen LogP contribution is 2.39. The first-order valence-corrected chi connectivity index (χ1v) is 12.5. The van der Waals surface area contributed by atoms with E-state index in [9.17, 15) is 14.4 Å². The van der Waals surface area contributed by atoms with Gasteiger partial charge in [0.15, 0.2) is 11.7 Å². The molecule has 2 aromatic carbocycles. The standard InChI is InChI=1S/C28H32N2O4/c31-25-24(26(32)29-22-13-11-21(12-14-22)20-9-5-2-6-10-20)27(33)30-28(25)16-15-23(17-28)34-18-19-7-3-1-4-8-19/h1,3-4,7-8,11-14,20,23-24H,2,5-6,9-10,15-18H2,(H,29,32)(H,30,33). The summed E-state index contributed by atoms with van der Waals surface area (Å²) in [4.78, 5) is 38.9. The van der Waals surface area contributed by atoms with Gasteiger partial charge in [-0.25, -0.2) is 0 Å². The summed E-state index contributed by atoms with van der Waals surface area (Å²) in [6.45, 7) is 0.463. The van der Waals surface area contributed by atoms with Crippen molar-refractivity contribution >= 4 is 23.3 Å². The number of amides is 2. The van der Waals surface area contributed by atoms with E-state index in [4.69, 9.17) is 4.74 Å². The van der Waals surface area contributed by atoms with Gasteiger partial charge in [-0.1, -0.05) is 61.7 Å². The zero-order chi connectivity index (χ0) is 23.5. The van der Waals surface area contributed by atoms with Crippen LogP contribution in [0.25, 0.3) is 0 Å². The Hall–Kier alpha value is -2.99. The summed E-state index contributed by atoms with van der Waals surface area (Å²) in [6, 6.07) is 17.7.